The van der Waals surface area contributed by atoms with E-state index in [-0.39, 0.29) is 17.4 Å². The number of anilines is 1. The van der Waals surface area contributed by atoms with Crippen LogP contribution in [0.15, 0.2) is 48.5 Å². The summed E-state index contributed by atoms with van der Waals surface area (Å²) in [6.07, 6.45) is 1.66. The maximum atomic E-state index is 13.1. The number of nitrogens with one attached hydrogen (secondary N) is 1. The summed E-state index contributed by atoms with van der Waals surface area (Å²) in [5.41, 5.74) is 1.30. The molecule has 31 heavy (non-hydrogen) atoms. The van der Waals surface area contributed by atoms with E-state index in [4.69, 9.17) is 0 Å². The molecule has 0 aliphatic rings. The van der Waals surface area contributed by atoms with Gasteiger partial charge in [-0.3, -0.25) is 19.2 Å². The van der Waals surface area contributed by atoms with Crippen LogP contribution in [0.4, 0.5) is 11.4 Å². The molecule has 0 aliphatic heterocycles. The highest BCUT2D eigenvalue weighted by Crippen LogP contribution is 2.30. The van der Waals surface area contributed by atoms with E-state index in [1.165, 1.54) is 25.1 Å². The number of benzene rings is 2. The number of nitro groups is 1. The van der Waals surface area contributed by atoms with Crippen molar-refractivity contribution < 1.29 is 18.1 Å². The number of aryl methyl sites for hydroxylation is 1. The lowest BCUT2D eigenvalue weighted by molar-refractivity contribution is -0.384. The first-order valence-corrected chi connectivity index (χ1v) is 11.9. The molecule has 2 aromatic rings. The summed E-state index contributed by atoms with van der Waals surface area (Å²) in [7, 11) is -3.90. The molecule has 0 bridgehead atoms. The molecule has 0 saturated carbocycles. The number of carbonyl (C=O) groups excluding carboxylic acids is 1. The lowest BCUT2D eigenvalue weighted by atomic mass is 9.96. The average molecular weight is 448 g/mol. The van der Waals surface area contributed by atoms with Gasteiger partial charge in [0.25, 0.3) is 5.69 Å². The molecule has 1 amide bonds. The number of nitro benzene ring substituents is 1. The lowest BCUT2D eigenvalue weighted by Crippen LogP contribution is -2.49. The molecule has 0 heterocycles. The quantitative estimate of drug-likeness (QED) is 0.462. The van der Waals surface area contributed by atoms with Crippen LogP contribution in [0.2, 0.25) is 0 Å². The van der Waals surface area contributed by atoms with E-state index in [1.54, 1.807) is 6.92 Å². The van der Waals surface area contributed by atoms with Gasteiger partial charge in [-0.1, -0.05) is 50.2 Å². The van der Waals surface area contributed by atoms with Crippen LogP contribution in [-0.4, -0.2) is 31.5 Å². The highest BCUT2D eigenvalue weighted by Gasteiger charge is 2.32. The standard InChI is InChI=1S/C22H29N3O5S/c1-15(2)13-20(18-9-7-6-8-10-18)23-22(26)17(4)24(31(5,29)30)21-14-19(25(27)28)12-11-16(21)3/h6-12,14-15,17,20H,13H2,1-5H3,(H,23,26)/t17-,20-/m1/s1. The summed E-state index contributed by atoms with van der Waals surface area (Å²) in [6.45, 7) is 7.21. The Morgan fingerprint density at radius 2 is 1.74 bits per heavy atom. The van der Waals surface area contributed by atoms with Crippen molar-refractivity contribution in [3.8, 4) is 0 Å². The minimum Gasteiger partial charge on any atom is -0.347 e. The van der Waals surface area contributed by atoms with Crippen molar-refractivity contribution in [1.29, 1.82) is 0 Å². The van der Waals surface area contributed by atoms with Crippen molar-refractivity contribution in [2.24, 2.45) is 5.92 Å². The Morgan fingerprint density at radius 1 is 1.13 bits per heavy atom. The van der Waals surface area contributed by atoms with E-state index in [0.29, 0.717) is 17.9 Å². The van der Waals surface area contributed by atoms with Gasteiger partial charge >= 0.3 is 0 Å². The summed E-state index contributed by atoms with van der Waals surface area (Å²) < 4.78 is 26.2. The fraction of sp³-hybridized carbons (Fsp3) is 0.409. The van der Waals surface area contributed by atoms with Crippen LogP contribution < -0.4 is 9.62 Å². The predicted molar refractivity (Wildman–Crippen MR) is 121 cm³/mol. The summed E-state index contributed by atoms with van der Waals surface area (Å²) in [5, 5.41) is 14.2. The molecule has 2 atom stereocenters. The van der Waals surface area contributed by atoms with Crippen LogP contribution >= 0.6 is 0 Å². The zero-order chi connectivity index (χ0) is 23.3. The number of sulfonamides is 1. The molecule has 0 aromatic heterocycles. The van der Waals surface area contributed by atoms with E-state index in [1.807, 2.05) is 44.2 Å². The average Bonchev–Trinajstić information content (AvgIpc) is 2.68. The van der Waals surface area contributed by atoms with Gasteiger partial charge in [-0.2, -0.15) is 0 Å². The normalized spacial score (nSPS) is 13.5. The lowest BCUT2D eigenvalue weighted by Gasteiger charge is -2.31. The molecular weight excluding hydrogens is 418 g/mol. The van der Waals surface area contributed by atoms with E-state index in [2.05, 4.69) is 5.32 Å². The summed E-state index contributed by atoms with van der Waals surface area (Å²) >= 11 is 0. The number of carbonyl (C=O) groups is 1. The van der Waals surface area contributed by atoms with Crippen LogP contribution in [0, 0.1) is 23.0 Å². The Balaban J connectivity index is 2.41. The molecule has 9 heteroatoms. The Bertz CT molecular complexity index is 1040. The third-order valence-electron chi connectivity index (χ3n) is 4.96. The van der Waals surface area contributed by atoms with Gasteiger partial charge in [0.15, 0.2) is 0 Å². The fourth-order valence-electron chi connectivity index (χ4n) is 3.46. The predicted octanol–water partition coefficient (Wildman–Crippen LogP) is 3.96. The molecule has 2 rings (SSSR count). The third-order valence-corrected chi connectivity index (χ3v) is 6.18. The second kappa shape index (κ2) is 9.91. The van der Waals surface area contributed by atoms with E-state index in [0.717, 1.165) is 16.1 Å². The maximum Gasteiger partial charge on any atom is 0.271 e. The van der Waals surface area contributed by atoms with Crippen molar-refractivity contribution in [2.75, 3.05) is 10.6 Å². The number of non-ortho nitro benzene ring substituents is 1. The van der Waals surface area contributed by atoms with Crippen molar-refractivity contribution in [1.82, 2.24) is 5.32 Å². The molecule has 2 aromatic carbocycles. The summed E-state index contributed by atoms with van der Waals surface area (Å²) in [4.78, 5) is 23.8. The van der Waals surface area contributed by atoms with Gasteiger partial charge in [0.2, 0.25) is 15.9 Å². The highest BCUT2D eigenvalue weighted by atomic mass is 32.2. The molecular formula is C22H29N3O5S. The van der Waals surface area contributed by atoms with Crippen LogP contribution in [-0.2, 0) is 14.8 Å². The van der Waals surface area contributed by atoms with Gasteiger partial charge in [0.1, 0.15) is 6.04 Å². The highest BCUT2D eigenvalue weighted by molar-refractivity contribution is 7.92. The van der Waals surface area contributed by atoms with Crippen LogP contribution in [0.1, 0.15) is 44.4 Å². The molecule has 0 unspecified atom stereocenters. The topological polar surface area (TPSA) is 110 Å². The zero-order valence-corrected chi connectivity index (χ0v) is 19.2. The monoisotopic (exact) mass is 447 g/mol. The second-order valence-electron chi connectivity index (χ2n) is 8.06. The minimum atomic E-state index is -3.90. The molecule has 8 nitrogen and oxygen atoms in total. The van der Waals surface area contributed by atoms with Crippen LogP contribution in [0.3, 0.4) is 0 Å². The van der Waals surface area contributed by atoms with E-state index < -0.39 is 26.9 Å². The van der Waals surface area contributed by atoms with Gasteiger partial charge < -0.3 is 5.32 Å². The Hall–Kier alpha value is -2.94. The first kappa shape index (κ1) is 24.3. The zero-order valence-electron chi connectivity index (χ0n) is 18.4. The number of rotatable bonds is 9. The van der Waals surface area contributed by atoms with Crippen molar-refractivity contribution in [3.05, 3.63) is 69.8 Å². The van der Waals surface area contributed by atoms with E-state index >= 15 is 0 Å². The number of nitrogens with zero attached hydrogens (tertiary/aromatic N) is 2. The Labute approximate surface area is 183 Å². The van der Waals surface area contributed by atoms with Crippen molar-refractivity contribution in [2.45, 2.75) is 46.2 Å². The largest absolute Gasteiger partial charge is 0.347 e. The molecule has 0 radical (unpaired) electrons. The SMILES string of the molecule is Cc1ccc([N+](=O)[O-])cc1N([C@H](C)C(=O)N[C@H](CC(C)C)c1ccccc1)S(C)(=O)=O. The Kier molecular flexibility index (Phi) is 7.78. The first-order valence-electron chi connectivity index (χ1n) is 10.0. The Morgan fingerprint density at radius 3 is 2.26 bits per heavy atom. The molecule has 1 N–H and O–H groups in total. The number of hydrogen-bond acceptors (Lipinski definition) is 5. The van der Waals surface area contributed by atoms with Gasteiger partial charge in [-0.15, -0.1) is 0 Å². The molecule has 0 saturated heterocycles. The number of amides is 1. The minimum absolute atomic E-state index is 0.111. The van der Waals surface area contributed by atoms with Gasteiger partial charge in [-0.05, 0) is 37.3 Å². The van der Waals surface area contributed by atoms with Crippen LogP contribution in [0.25, 0.3) is 0 Å². The summed E-state index contributed by atoms with van der Waals surface area (Å²) in [6, 6.07) is 12.0. The second-order valence-corrected chi connectivity index (χ2v) is 9.92. The van der Waals surface area contributed by atoms with Crippen molar-refractivity contribution >= 4 is 27.3 Å². The molecule has 168 valence electrons. The smallest absolute Gasteiger partial charge is 0.271 e. The molecule has 0 aliphatic carbocycles. The first-order chi connectivity index (χ1) is 14.4. The van der Waals surface area contributed by atoms with E-state index in [9.17, 15) is 23.3 Å². The molecule has 0 fully saturated rings. The van der Waals surface area contributed by atoms with Gasteiger partial charge in [-0.25, -0.2) is 8.42 Å². The third kappa shape index (κ3) is 6.27. The van der Waals surface area contributed by atoms with Gasteiger partial charge in [0, 0.05) is 12.1 Å². The van der Waals surface area contributed by atoms with Crippen molar-refractivity contribution in [3.63, 3.8) is 0 Å². The number of hydrogen-bond donors (Lipinski definition) is 1. The van der Waals surface area contributed by atoms with Crippen LogP contribution in [0.5, 0.6) is 0 Å². The summed E-state index contributed by atoms with van der Waals surface area (Å²) in [5.74, 6) is -0.184. The molecule has 0 spiro atoms. The van der Waals surface area contributed by atoms with Gasteiger partial charge in [0.05, 0.1) is 22.9 Å². The maximum absolute atomic E-state index is 13.1. The fourth-order valence-corrected chi connectivity index (χ4v) is 4.68.